The number of hydrogen-bond acceptors (Lipinski definition) is 4. The van der Waals surface area contributed by atoms with Gasteiger partial charge >= 0.3 is 0 Å². The minimum atomic E-state index is -0.245. The van der Waals surface area contributed by atoms with Crippen LogP contribution in [0.15, 0.2) is 23.4 Å². The first kappa shape index (κ1) is 15.6. The number of nitrogens with zero attached hydrogens (tertiary/aromatic N) is 4. The molecular weight excluding hydrogens is 290 g/mol. The molecule has 0 radical (unpaired) electrons. The number of halogens is 1. The van der Waals surface area contributed by atoms with Crippen LogP contribution in [-0.2, 0) is 13.1 Å². The Morgan fingerprint density at radius 1 is 1.29 bits per heavy atom. The first-order valence-electron chi connectivity index (χ1n) is 7.10. The van der Waals surface area contributed by atoms with Gasteiger partial charge in [-0.2, -0.15) is 10.2 Å². The number of unbranched alkanes of at least 4 members (excludes halogenated alkanes) is 1. The van der Waals surface area contributed by atoms with Crippen molar-refractivity contribution < 1.29 is 0 Å². The molecule has 2 rings (SSSR count). The molecule has 1 N–H and O–H groups in total. The predicted octanol–water partition coefficient (Wildman–Crippen LogP) is 2.31. The van der Waals surface area contributed by atoms with E-state index < -0.39 is 0 Å². The van der Waals surface area contributed by atoms with Gasteiger partial charge in [-0.3, -0.25) is 9.48 Å². The van der Waals surface area contributed by atoms with E-state index >= 15 is 0 Å². The highest BCUT2D eigenvalue weighted by Gasteiger charge is 2.08. The highest BCUT2D eigenvalue weighted by molar-refractivity contribution is 6.32. The first-order valence-corrected chi connectivity index (χ1v) is 7.48. The zero-order valence-electron chi connectivity index (χ0n) is 12.3. The molecule has 0 saturated heterocycles. The average Bonchev–Trinajstić information content (AvgIpc) is 2.88. The van der Waals surface area contributed by atoms with E-state index in [0.29, 0.717) is 25.3 Å². The maximum Gasteiger partial charge on any atom is 0.287 e. The third-order valence-corrected chi connectivity index (χ3v) is 3.49. The molecule has 2 heterocycles. The fourth-order valence-corrected chi connectivity index (χ4v) is 2.16. The average molecular weight is 310 g/mol. The van der Waals surface area contributed by atoms with Crippen molar-refractivity contribution in [2.24, 2.45) is 0 Å². The summed E-state index contributed by atoms with van der Waals surface area (Å²) in [6.45, 7) is 5.99. The lowest BCUT2D eigenvalue weighted by molar-refractivity contribution is 0.543. The maximum absolute atomic E-state index is 12.0. The van der Waals surface area contributed by atoms with Gasteiger partial charge in [-0.25, -0.2) is 4.68 Å². The van der Waals surface area contributed by atoms with Gasteiger partial charge in [0.25, 0.3) is 5.56 Å². The number of anilines is 1. The quantitative estimate of drug-likeness (QED) is 0.852. The number of aromatic nitrogens is 4. The lowest BCUT2D eigenvalue weighted by Crippen LogP contribution is -2.24. The Labute approximate surface area is 128 Å². The molecule has 0 spiro atoms. The van der Waals surface area contributed by atoms with Crippen LogP contribution in [0.1, 0.15) is 25.3 Å². The molecule has 0 aliphatic carbocycles. The molecule has 0 bridgehead atoms. The van der Waals surface area contributed by atoms with Gasteiger partial charge in [0, 0.05) is 19.3 Å². The van der Waals surface area contributed by atoms with Crippen LogP contribution in [0, 0.1) is 6.92 Å². The van der Waals surface area contributed by atoms with Gasteiger partial charge in [-0.15, -0.1) is 0 Å². The van der Waals surface area contributed by atoms with Crippen LogP contribution in [0.5, 0.6) is 0 Å². The SMILES string of the molecule is CCCCn1ncc(NCCn2cc(C)cn2)c(Cl)c1=O. The summed E-state index contributed by atoms with van der Waals surface area (Å²) < 4.78 is 3.25. The Balaban J connectivity index is 1.97. The molecule has 0 unspecified atom stereocenters. The van der Waals surface area contributed by atoms with E-state index in [-0.39, 0.29) is 10.6 Å². The molecule has 0 amide bonds. The third kappa shape index (κ3) is 4.07. The van der Waals surface area contributed by atoms with Crippen LogP contribution < -0.4 is 10.9 Å². The molecule has 2 aromatic heterocycles. The van der Waals surface area contributed by atoms with Crippen molar-refractivity contribution in [3.63, 3.8) is 0 Å². The van der Waals surface area contributed by atoms with Gasteiger partial charge < -0.3 is 5.32 Å². The lowest BCUT2D eigenvalue weighted by Gasteiger charge is -2.10. The van der Waals surface area contributed by atoms with Crippen molar-refractivity contribution in [2.45, 2.75) is 39.8 Å². The van der Waals surface area contributed by atoms with E-state index in [2.05, 4.69) is 22.4 Å². The van der Waals surface area contributed by atoms with Crippen LogP contribution in [0.3, 0.4) is 0 Å². The molecule has 0 saturated carbocycles. The minimum absolute atomic E-state index is 0.192. The number of rotatable bonds is 7. The summed E-state index contributed by atoms with van der Waals surface area (Å²) >= 11 is 6.10. The Bertz CT molecular complexity index is 649. The summed E-state index contributed by atoms with van der Waals surface area (Å²) in [7, 11) is 0. The molecule has 21 heavy (non-hydrogen) atoms. The largest absolute Gasteiger partial charge is 0.381 e. The maximum atomic E-state index is 12.0. The predicted molar refractivity (Wildman–Crippen MR) is 83.9 cm³/mol. The van der Waals surface area contributed by atoms with Gasteiger partial charge in [-0.1, -0.05) is 24.9 Å². The Hall–Kier alpha value is -1.82. The van der Waals surface area contributed by atoms with E-state index in [1.807, 2.05) is 24.0 Å². The standard InChI is InChI=1S/C14H20ClN5O/c1-3-4-6-20-14(21)13(15)12(9-18-20)16-5-7-19-10-11(2)8-17-19/h8-10,16H,3-7H2,1-2H3. The second-order valence-corrected chi connectivity index (χ2v) is 5.34. The zero-order chi connectivity index (χ0) is 15.2. The van der Waals surface area contributed by atoms with Gasteiger partial charge in [0.1, 0.15) is 5.02 Å². The van der Waals surface area contributed by atoms with Crippen molar-refractivity contribution in [3.05, 3.63) is 39.5 Å². The van der Waals surface area contributed by atoms with Crippen LogP contribution >= 0.6 is 11.6 Å². The highest BCUT2D eigenvalue weighted by Crippen LogP contribution is 2.15. The van der Waals surface area contributed by atoms with Crippen molar-refractivity contribution in [3.8, 4) is 0 Å². The van der Waals surface area contributed by atoms with Crippen LogP contribution in [0.25, 0.3) is 0 Å². The van der Waals surface area contributed by atoms with Gasteiger partial charge in [0.15, 0.2) is 0 Å². The van der Waals surface area contributed by atoms with E-state index in [4.69, 9.17) is 11.6 Å². The summed E-state index contributed by atoms with van der Waals surface area (Å²) in [6, 6.07) is 0. The summed E-state index contributed by atoms with van der Waals surface area (Å²) in [5.41, 5.74) is 1.44. The van der Waals surface area contributed by atoms with E-state index in [9.17, 15) is 4.79 Å². The fourth-order valence-electron chi connectivity index (χ4n) is 1.95. The molecule has 7 heteroatoms. The zero-order valence-corrected chi connectivity index (χ0v) is 13.1. The second-order valence-electron chi connectivity index (χ2n) is 4.96. The molecule has 0 aromatic carbocycles. The summed E-state index contributed by atoms with van der Waals surface area (Å²) in [4.78, 5) is 12.0. The normalized spacial score (nSPS) is 10.8. The number of nitrogens with one attached hydrogen (secondary N) is 1. The van der Waals surface area contributed by atoms with Crippen LogP contribution in [-0.4, -0.2) is 26.1 Å². The van der Waals surface area contributed by atoms with Crippen molar-refractivity contribution in [1.29, 1.82) is 0 Å². The smallest absolute Gasteiger partial charge is 0.287 e. The van der Waals surface area contributed by atoms with Gasteiger partial charge in [-0.05, 0) is 18.9 Å². The number of hydrogen-bond donors (Lipinski definition) is 1. The monoisotopic (exact) mass is 309 g/mol. The van der Waals surface area contributed by atoms with E-state index in [0.717, 1.165) is 18.4 Å². The fraction of sp³-hybridized carbons (Fsp3) is 0.500. The van der Waals surface area contributed by atoms with Gasteiger partial charge in [0.05, 0.1) is 24.6 Å². The molecule has 0 fully saturated rings. The molecule has 0 atom stereocenters. The van der Waals surface area contributed by atoms with Gasteiger partial charge in [0.2, 0.25) is 0 Å². The van der Waals surface area contributed by atoms with Crippen molar-refractivity contribution in [1.82, 2.24) is 19.6 Å². The van der Waals surface area contributed by atoms with Crippen LogP contribution in [0.2, 0.25) is 5.02 Å². The molecular formula is C14H20ClN5O. The first-order chi connectivity index (χ1) is 10.1. The Kier molecular flexibility index (Phi) is 5.38. The lowest BCUT2D eigenvalue weighted by atomic mass is 10.3. The Morgan fingerprint density at radius 2 is 2.10 bits per heavy atom. The van der Waals surface area contributed by atoms with Crippen molar-refractivity contribution >= 4 is 17.3 Å². The summed E-state index contributed by atoms with van der Waals surface area (Å²) in [6.07, 6.45) is 7.30. The molecule has 0 aliphatic rings. The third-order valence-electron chi connectivity index (χ3n) is 3.13. The van der Waals surface area contributed by atoms with Crippen LogP contribution in [0.4, 0.5) is 5.69 Å². The van der Waals surface area contributed by atoms with E-state index in [1.54, 1.807) is 6.20 Å². The molecule has 0 aliphatic heterocycles. The Morgan fingerprint density at radius 3 is 2.76 bits per heavy atom. The topological polar surface area (TPSA) is 64.7 Å². The molecule has 6 nitrogen and oxygen atoms in total. The molecule has 2 aromatic rings. The summed E-state index contributed by atoms with van der Waals surface area (Å²) in [5, 5.41) is 11.7. The minimum Gasteiger partial charge on any atom is -0.381 e. The van der Waals surface area contributed by atoms with E-state index in [1.165, 1.54) is 4.68 Å². The van der Waals surface area contributed by atoms with Crippen molar-refractivity contribution in [2.75, 3.05) is 11.9 Å². The second kappa shape index (κ2) is 7.26. The highest BCUT2D eigenvalue weighted by atomic mass is 35.5. The number of aryl methyl sites for hydroxylation is 2. The molecule has 114 valence electrons. The summed E-state index contributed by atoms with van der Waals surface area (Å²) in [5.74, 6) is 0.